The van der Waals surface area contributed by atoms with Gasteiger partial charge < -0.3 is 4.57 Å². The Bertz CT molecular complexity index is 3580. The third kappa shape index (κ3) is 6.46. The van der Waals surface area contributed by atoms with E-state index in [0.29, 0.717) is 0 Å². The summed E-state index contributed by atoms with van der Waals surface area (Å²) in [6, 6.07) is 84.5. The number of nitrogens with zero attached hydrogens (tertiary/aromatic N) is 3. The molecule has 0 aliphatic carbocycles. The van der Waals surface area contributed by atoms with Gasteiger partial charge in [-0.25, -0.2) is 9.97 Å². The summed E-state index contributed by atoms with van der Waals surface area (Å²) in [5, 5.41) is 6.06. The Balaban J connectivity index is 0.964. The lowest BCUT2D eigenvalue weighted by Gasteiger charge is -2.16. The highest BCUT2D eigenvalue weighted by molar-refractivity contribution is 6.18. The Hall–Kier alpha value is -8.40. The molecule has 0 amide bonds. The number of hydrogen-bond donors (Lipinski definition) is 0. The van der Waals surface area contributed by atoms with Crippen molar-refractivity contribution in [1.82, 2.24) is 14.5 Å². The van der Waals surface area contributed by atoms with Crippen LogP contribution in [0.4, 0.5) is 0 Å². The van der Waals surface area contributed by atoms with E-state index < -0.39 is 0 Å². The second-order valence-corrected chi connectivity index (χ2v) is 16.1. The highest BCUT2D eigenvalue weighted by Crippen LogP contribution is 2.42. The van der Waals surface area contributed by atoms with Crippen LogP contribution in [0.5, 0.6) is 0 Å². The van der Waals surface area contributed by atoms with E-state index >= 15 is 0 Å². The summed E-state index contributed by atoms with van der Waals surface area (Å²) in [7, 11) is 0. The van der Waals surface area contributed by atoms with Gasteiger partial charge >= 0.3 is 0 Å². The first-order chi connectivity index (χ1) is 31.2. The molecule has 0 N–H and O–H groups in total. The Kier molecular flexibility index (Phi) is 8.83. The zero-order valence-corrected chi connectivity index (χ0v) is 34.4. The summed E-state index contributed by atoms with van der Waals surface area (Å²) in [5.41, 5.74) is 17.5. The van der Waals surface area contributed by atoms with Crippen molar-refractivity contribution in [3.63, 3.8) is 0 Å². The quantitative estimate of drug-likeness (QED) is 0.150. The number of fused-ring (bicyclic) bond motifs is 6. The largest absolute Gasteiger partial charge is 0.309 e. The van der Waals surface area contributed by atoms with Crippen LogP contribution < -0.4 is 0 Å². The standard InChI is InChI=1S/C60H39N3/c1-4-16-41(17-5-1)53-39-56(44-20-8-3-9-21-44)62-57-38-52(48-22-10-11-25-51(48)60(53)57)42-30-28-40(29-31-42)46-36-54(43-18-6-2-7-19-43)61-55(37-46)45-32-34-47(35-33-45)63-58-26-14-12-23-49(58)50-24-13-15-27-59(50)63/h1-39H. The Morgan fingerprint density at radius 3 is 1.29 bits per heavy atom. The minimum atomic E-state index is 0.930. The van der Waals surface area contributed by atoms with Crippen LogP contribution in [0.1, 0.15) is 0 Å². The van der Waals surface area contributed by atoms with E-state index in [9.17, 15) is 0 Å². The van der Waals surface area contributed by atoms with E-state index in [1.807, 2.05) is 0 Å². The predicted octanol–water partition coefficient (Wildman–Crippen LogP) is 15.9. The molecule has 0 aliphatic heterocycles. The first kappa shape index (κ1) is 36.5. The molecule has 3 nitrogen and oxygen atoms in total. The van der Waals surface area contributed by atoms with Gasteiger partial charge in [0, 0.05) is 38.5 Å². The Morgan fingerprint density at radius 1 is 0.270 bits per heavy atom. The number of rotatable bonds is 7. The summed E-state index contributed by atoms with van der Waals surface area (Å²) in [5.74, 6) is 0. The van der Waals surface area contributed by atoms with Crippen molar-refractivity contribution in [1.29, 1.82) is 0 Å². The monoisotopic (exact) mass is 801 g/mol. The van der Waals surface area contributed by atoms with Crippen LogP contribution in [0.2, 0.25) is 0 Å². The molecule has 294 valence electrons. The van der Waals surface area contributed by atoms with E-state index in [4.69, 9.17) is 9.97 Å². The molecule has 0 fully saturated rings. The number of hydrogen-bond acceptors (Lipinski definition) is 2. The molecule has 63 heavy (non-hydrogen) atoms. The molecular weight excluding hydrogens is 763 g/mol. The van der Waals surface area contributed by atoms with Gasteiger partial charge in [-0.3, -0.25) is 0 Å². The molecule has 0 aliphatic rings. The van der Waals surface area contributed by atoms with Gasteiger partial charge in [0.2, 0.25) is 0 Å². The number of para-hydroxylation sites is 2. The van der Waals surface area contributed by atoms with Crippen molar-refractivity contribution in [3.8, 4) is 72.8 Å². The minimum Gasteiger partial charge on any atom is -0.309 e. The van der Waals surface area contributed by atoms with Crippen molar-refractivity contribution >= 4 is 43.5 Å². The van der Waals surface area contributed by atoms with Crippen LogP contribution in [0, 0.1) is 0 Å². The lowest BCUT2D eigenvalue weighted by atomic mass is 9.90. The van der Waals surface area contributed by atoms with Crippen LogP contribution in [0.25, 0.3) is 116 Å². The minimum absolute atomic E-state index is 0.930. The molecule has 9 aromatic carbocycles. The summed E-state index contributed by atoms with van der Waals surface area (Å²) < 4.78 is 2.36. The topological polar surface area (TPSA) is 30.7 Å². The van der Waals surface area contributed by atoms with Crippen molar-refractivity contribution < 1.29 is 0 Å². The molecule has 0 bridgehead atoms. The fourth-order valence-corrected chi connectivity index (χ4v) is 9.37. The van der Waals surface area contributed by atoms with Crippen LogP contribution in [-0.2, 0) is 0 Å². The zero-order valence-electron chi connectivity index (χ0n) is 34.4. The molecule has 3 heterocycles. The molecule has 0 radical (unpaired) electrons. The van der Waals surface area contributed by atoms with Gasteiger partial charge in [-0.1, -0.05) is 188 Å². The summed E-state index contributed by atoms with van der Waals surface area (Å²) >= 11 is 0. The summed E-state index contributed by atoms with van der Waals surface area (Å²) in [6.07, 6.45) is 0. The zero-order chi connectivity index (χ0) is 41.7. The normalized spacial score (nSPS) is 11.5. The van der Waals surface area contributed by atoms with Gasteiger partial charge in [0.25, 0.3) is 0 Å². The van der Waals surface area contributed by atoms with Gasteiger partial charge in [0.15, 0.2) is 0 Å². The molecule has 0 saturated carbocycles. The fraction of sp³-hybridized carbons (Fsp3) is 0. The summed E-state index contributed by atoms with van der Waals surface area (Å²) in [6.45, 7) is 0. The molecule has 12 rings (SSSR count). The van der Waals surface area contributed by atoms with Crippen molar-refractivity contribution in [2.24, 2.45) is 0 Å². The summed E-state index contributed by atoms with van der Waals surface area (Å²) in [4.78, 5) is 10.6. The maximum atomic E-state index is 5.35. The lowest BCUT2D eigenvalue weighted by Crippen LogP contribution is -1.95. The smallest absolute Gasteiger partial charge is 0.0728 e. The Labute approximate surface area is 365 Å². The molecule has 0 saturated heterocycles. The van der Waals surface area contributed by atoms with Gasteiger partial charge in [0.1, 0.15) is 0 Å². The van der Waals surface area contributed by atoms with E-state index in [1.165, 1.54) is 43.7 Å². The van der Waals surface area contributed by atoms with Crippen LogP contribution >= 0.6 is 0 Å². The molecular formula is C60H39N3. The molecule has 3 aromatic heterocycles. The van der Waals surface area contributed by atoms with Crippen LogP contribution in [0.15, 0.2) is 237 Å². The highest BCUT2D eigenvalue weighted by atomic mass is 15.0. The molecule has 0 unspecified atom stereocenters. The molecule has 0 atom stereocenters. The number of aromatic nitrogens is 3. The maximum absolute atomic E-state index is 5.35. The highest BCUT2D eigenvalue weighted by Gasteiger charge is 2.17. The van der Waals surface area contributed by atoms with Gasteiger partial charge in [-0.15, -0.1) is 0 Å². The molecule has 3 heteroatoms. The van der Waals surface area contributed by atoms with Gasteiger partial charge in [0.05, 0.1) is 33.6 Å². The van der Waals surface area contributed by atoms with Crippen LogP contribution in [0.3, 0.4) is 0 Å². The SMILES string of the molecule is c1ccc(-c2cc(-c3ccc(-c4cc5nc(-c6ccccc6)cc(-c6ccccc6)c5c5ccccc45)cc3)cc(-c3ccc(-n4c5ccccc5c5ccccc54)cc3)n2)cc1. The molecule has 12 aromatic rings. The van der Waals surface area contributed by atoms with E-state index in [0.717, 1.165) is 72.6 Å². The van der Waals surface area contributed by atoms with E-state index in [2.05, 4.69) is 241 Å². The first-order valence-electron chi connectivity index (χ1n) is 21.5. The average Bonchev–Trinajstić information content (AvgIpc) is 3.71. The second kappa shape index (κ2) is 15.3. The fourth-order valence-electron chi connectivity index (χ4n) is 9.37. The first-order valence-corrected chi connectivity index (χ1v) is 21.5. The van der Waals surface area contributed by atoms with Gasteiger partial charge in [-0.2, -0.15) is 0 Å². The van der Waals surface area contributed by atoms with Crippen molar-refractivity contribution in [2.75, 3.05) is 0 Å². The van der Waals surface area contributed by atoms with Crippen molar-refractivity contribution in [3.05, 3.63) is 237 Å². The Morgan fingerprint density at radius 2 is 0.698 bits per heavy atom. The van der Waals surface area contributed by atoms with Gasteiger partial charge in [-0.05, 0) is 92.7 Å². The third-order valence-electron chi connectivity index (χ3n) is 12.4. The third-order valence-corrected chi connectivity index (χ3v) is 12.4. The number of benzene rings is 9. The lowest BCUT2D eigenvalue weighted by molar-refractivity contribution is 1.18. The van der Waals surface area contributed by atoms with E-state index in [-0.39, 0.29) is 0 Å². The van der Waals surface area contributed by atoms with E-state index in [1.54, 1.807) is 0 Å². The van der Waals surface area contributed by atoms with Crippen molar-refractivity contribution in [2.45, 2.75) is 0 Å². The predicted molar refractivity (Wildman–Crippen MR) is 264 cm³/mol. The van der Waals surface area contributed by atoms with Crippen LogP contribution in [-0.4, -0.2) is 14.5 Å². The second-order valence-electron chi connectivity index (χ2n) is 16.1. The number of pyridine rings is 2. The maximum Gasteiger partial charge on any atom is 0.0728 e. The average molecular weight is 802 g/mol. The molecule has 0 spiro atoms.